The van der Waals surface area contributed by atoms with Gasteiger partial charge in [0.25, 0.3) is 0 Å². The maximum atomic E-state index is 12.3. The lowest BCUT2D eigenvalue weighted by Gasteiger charge is -2.09. The largest absolute Gasteiger partial charge is 0.416 e. The fraction of sp³-hybridized carbons (Fsp3) is 0.333. The third-order valence-electron chi connectivity index (χ3n) is 1.75. The van der Waals surface area contributed by atoms with Gasteiger partial charge in [-0.3, -0.25) is 0 Å². The second-order valence-electron chi connectivity index (χ2n) is 2.78. The van der Waals surface area contributed by atoms with E-state index in [0.717, 1.165) is 12.1 Å². The van der Waals surface area contributed by atoms with E-state index in [0.29, 0.717) is 22.8 Å². The number of aryl methyl sites for hydroxylation is 1. The Morgan fingerprint density at radius 1 is 1.29 bits per heavy atom. The summed E-state index contributed by atoms with van der Waals surface area (Å²) in [4.78, 5) is 0. The lowest BCUT2D eigenvalue weighted by molar-refractivity contribution is -0.137. The highest BCUT2D eigenvalue weighted by molar-refractivity contribution is 7.80. The van der Waals surface area contributed by atoms with Crippen LogP contribution in [0.4, 0.5) is 13.2 Å². The van der Waals surface area contributed by atoms with Crippen LogP contribution in [0.1, 0.15) is 11.1 Å². The van der Waals surface area contributed by atoms with Gasteiger partial charge in [-0.25, -0.2) is 0 Å². The van der Waals surface area contributed by atoms with Gasteiger partial charge in [-0.15, -0.1) is 0 Å². The lowest BCUT2D eigenvalue weighted by Crippen LogP contribution is -2.05. The number of alkyl halides is 3. The number of thiol groups is 1. The molecule has 0 spiro atoms. The molecule has 0 unspecified atom stereocenters. The summed E-state index contributed by atoms with van der Waals surface area (Å²) in [6, 6.07) is 3.31. The van der Waals surface area contributed by atoms with Crippen molar-refractivity contribution in [3.8, 4) is 0 Å². The second-order valence-corrected chi connectivity index (χ2v) is 3.63. The molecule has 0 aliphatic rings. The van der Waals surface area contributed by atoms with Crippen molar-refractivity contribution in [1.29, 1.82) is 0 Å². The van der Waals surface area contributed by atoms with Gasteiger partial charge in [0.1, 0.15) is 0 Å². The minimum absolute atomic E-state index is 0.354. The molecule has 0 radical (unpaired) electrons. The second kappa shape index (κ2) is 4.45. The highest BCUT2D eigenvalue weighted by Crippen LogP contribution is 2.31. The van der Waals surface area contributed by atoms with Crippen LogP contribution < -0.4 is 0 Å². The van der Waals surface area contributed by atoms with E-state index in [1.54, 1.807) is 0 Å². The summed E-state index contributed by atoms with van der Waals surface area (Å²) >= 11 is 9.67. The van der Waals surface area contributed by atoms with Crippen LogP contribution in [-0.2, 0) is 12.6 Å². The van der Waals surface area contributed by atoms with Gasteiger partial charge in [0, 0.05) is 5.02 Å². The van der Waals surface area contributed by atoms with Crippen LogP contribution in [0.15, 0.2) is 18.2 Å². The van der Waals surface area contributed by atoms with E-state index in [9.17, 15) is 13.2 Å². The van der Waals surface area contributed by atoms with E-state index < -0.39 is 11.7 Å². The maximum Gasteiger partial charge on any atom is 0.416 e. The Labute approximate surface area is 90.5 Å². The maximum absolute atomic E-state index is 12.3. The highest BCUT2D eigenvalue weighted by Gasteiger charge is 2.30. The molecule has 0 bridgehead atoms. The van der Waals surface area contributed by atoms with Gasteiger partial charge >= 0.3 is 6.18 Å². The zero-order chi connectivity index (χ0) is 10.8. The summed E-state index contributed by atoms with van der Waals surface area (Å²) in [6.45, 7) is 0. The van der Waals surface area contributed by atoms with Crippen molar-refractivity contribution in [2.45, 2.75) is 12.6 Å². The van der Waals surface area contributed by atoms with E-state index >= 15 is 0 Å². The fourth-order valence-electron chi connectivity index (χ4n) is 1.06. The summed E-state index contributed by atoms with van der Waals surface area (Å²) in [5, 5.41) is 0.354. The highest BCUT2D eigenvalue weighted by atomic mass is 35.5. The molecule has 0 saturated carbocycles. The summed E-state index contributed by atoms with van der Waals surface area (Å²) < 4.78 is 36.8. The number of benzene rings is 1. The average molecular weight is 241 g/mol. The molecule has 0 nitrogen and oxygen atoms in total. The molecule has 0 saturated heterocycles. The molecular weight excluding hydrogens is 233 g/mol. The quantitative estimate of drug-likeness (QED) is 0.747. The molecular formula is C9H8ClF3S. The normalized spacial score (nSPS) is 11.8. The number of hydrogen-bond acceptors (Lipinski definition) is 1. The molecule has 78 valence electrons. The van der Waals surface area contributed by atoms with E-state index in [1.165, 1.54) is 6.07 Å². The standard InChI is InChI=1S/C9H8ClF3S/c10-8-2-1-7(9(11,12)13)5-6(8)3-4-14/h1-2,5,14H,3-4H2. The summed E-state index contributed by atoms with van der Waals surface area (Å²) in [7, 11) is 0. The molecule has 0 amide bonds. The summed E-state index contributed by atoms with van der Waals surface area (Å²) in [5.41, 5.74) is -0.185. The van der Waals surface area contributed by atoms with Crippen molar-refractivity contribution in [2.75, 3.05) is 5.75 Å². The first-order valence-electron chi connectivity index (χ1n) is 3.91. The summed E-state index contributed by atoms with van der Waals surface area (Å²) in [6.07, 6.45) is -3.87. The smallest absolute Gasteiger partial charge is 0.179 e. The van der Waals surface area contributed by atoms with E-state index in [4.69, 9.17) is 11.6 Å². The Kier molecular flexibility index (Phi) is 3.72. The Bertz CT molecular complexity index is 322. The van der Waals surface area contributed by atoms with Gasteiger partial charge in [0.15, 0.2) is 0 Å². The Morgan fingerprint density at radius 3 is 2.43 bits per heavy atom. The molecule has 0 N–H and O–H groups in total. The molecule has 0 aromatic heterocycles. The SMILES string of the molecule is FC(F)(F)c1ccc(Cl)c(CCS)c1. The van der Waals surface area contributed by atoms with Gasteiger partial charge in [-0.2, -0.15) is 25.8 Å². The predicted molar refractivity (Wildman–Crippen MR) is 54.0 cm³/mol. The first-order valence-corrected chi connectivity index (χ1v) is 4.92. The third kappa shape index (κ3) is 2.82. The zero-order valence-corrected chi connectivity index (χ0v) is 8.76. The van der Waals surface area contributed by atoms with Crippen LogP contribution >= 0.6 is 24.2 Å². The first kappa shape index (κ1) is 11.7. The molecule has 0 heterocycles. The van der Waals surface area contributed by atoms with Gasteiger partial charge in [0.05, 0.1) is 5.56 Å². The average Bonchev–Trinajstić information content (AvgIpc) is 2.07. The van der Waals surface area contributed by atoms with Gasteiger partial charge in [0.2, 0.25) is 0 Å². The molecule has 0 aliphatic heterocycles. The van der Waals surface area contributed by atoms with Crippen LogP contribution in [0, 0.1) is 0 Å². The predicted octanol–water partition coefficient (Wildman–Crippen LogP) is 3.83. The van der Waals surface area contributed by atoms with Crippen molar-refractivity contribution >= 4 is 24.2 Å². The Hall–Kier alpha value is -0.350. The van der Waals surface area contributed by atoms with Crippen molar-refractivity contribution in [1.82, 2.24) is 0 Å². The molecule has 5 heteroatoms. The first-order chi connectivity index (χ1) is 6.45. The molecule has 0 fully saturated rings. The Morgan fingerprint density at radius 2 is 1.93 bits per heavy atom. The monoisotopic (exact) mass is 240 g/mol. The zero-order valence-electron chi connectivity index (χ0n) is 7.11. The third-order valence-corrected chi connectivity index (χ3v) is 2.35. The van der Waals surface area contributed by atoms with Gasteiger partial charge in [-0.05, 0) is 35.9 Å². The minimum atomic E-state index is -4.31. The number of hydrogen-bond donors (Lipinski definition) is 1. The van der Waals surface area contributed by atoms with Crippen molar-refractivity contribution in [3.63, 3.8) is 0 Å². The topological polar surface area (TPSA) is 0 Å². The Balaban J connectivity index is 3.06. The number of rotatable bonds is 2. The van der Waals surface area contributed by atoms with Crippen LogP contribution in [-0.4, -0.2) is 5.75 Å². The molecule has 1 aromatic carbocycles. The van der Waals surface area contributed by atoms with Gasteiger partial charge in [-0.1, -0.05) is 11.6 Å². The van der Waals surface area contributed by atoms with Crippen LogP contribution in [0.2, 0.25) is 5.02 Å². The van der Waals surface area contributed by atoms with Crippen molar-refractivity contribution < 1.29 is 13.2 Å². The van der Waals surface area contributed by atoms with Crippen molar-refractivity contribution in [2.24, 2.45) is 0 Å². The lowest BCUT2D eigenvalue weighted by atomic mass is 10.1. The summed E-state index contributed by atoms with van der Waals surface area (Å²) in [5.74, 6) is 0.473. The molecule has 1 aromatic rings. The fourth-order valence-corrected chi connectivity index (χ4v) is 1.52. The van der Waals surface area contributed by atoms with E-state index in [-0.39, 0.29) is 0 Å². The number of halogens is 4. The molecule has 14 heavy (non-hydrogen) atoms. The van der Waals surface area contributed by atoms with Gasteiger partial charge < -0.3 is 0 Å². The van der Waals surface area contributed by atoms with Crippen LogP contribution in [0.3, 0.4) is 0 Å². The molecule has 1 rings (SSSR count). The molecule has 0 aliphatic carbocycles. The van der Waals surface area contributed by atoms with Crippen LogP contribution in [0.5, 0.6) is 0 Å². The minimum Gasteiger partial charge on any atom is -0.179 e. The van der Waals surface area contributed by atoms with E-state index in [2.05, 4.69) is 12.6 Å². The van der Waals surface area contributed by atoms with E-state index in [1.807, 2.05) is 0 Å². The van der Waals surface area contributed by atoms with Crippen molar-refractivity contribution in [3.05, 3.63) is 34.3 Å². The molecule has 0 atom stereocenters. The van der Waals surface area contributed by atoms with Crippen LogP contribution in [0.25, 0.3) is 0 Å².